The summed E-state index contributed by atoms with van der Waals surface area (Å²) < 4.78 is 0. The maximum Gasteiger partial charge on any atom is 0.246 e. The predicted molar refractivity (Wildman–Crippen MR) is 54.8 cm³/mol. The Hall–Kier alpha value is -0.990. The molecule has 3 nitrogen and oxygen atoms in total. The Morgan fingerprint density at radius 3 is 1.92 bits per heavy atom. The topological polar surface area (TPSA) is 69.1 Å². The summed E-state index contributed by atoms with van der Waals surface area (Å²) in [6, 6.07) is 0. The number of rotatable bonds is 3. The molecule has 4 N–H and O–H groups in total. The summed E-state index contributed by atoms with van der Waals surface area (Å²) in [5.41, 5.74) is 12.0. The van der Waals surface area contributed by atoms with Crippen molar-refractivity contribution in [3.8, 4) is 0 Å². The number of hydrogen-bond acceptors (Lipinski definition) is 2. The summed E-state index contributed by atoms with van der Waals surface area (Å²) in [6.45, 7) is 7.84. The molecular weight excluding hydrogens is 164 g/mol. The van der Waals surface area contributed by atoms with Crippen LogP contribution in [0.25, 0.3) is 0 Å². The molecule has 0 rings (SSSR count). The maximum atomic E-state index is 11.1. The zero-order valence-corrected chi connectivity index (χ0v) is 8.98. The number of carbonyl (C=O) groups is 1. The lowest BCUT2D eigenvalue weighted by atomic mass is 9.84. The molecule has 0 fully saturated rings. The van der Waals surface area contributed by atoms with Crippen LogP contribution in [0.4, 0.5) is 0 Å². The van der Waals surface area contributed by atoms with E-state index < -0.39 is 5.91 Å². The summed E-state index contributed by atoms with van der Waals surface area (Å²) in [5, 5.41) is 0. The van der Waals surface area contributed by atoms with Gasteiger partial charge < -0.3 is 11.5 Å². The standard InChI is InChI=1S/C10H20N2O/c1-5-6-7(11)8(9(12)13)10(2,3)4/h5-6,11H2,1-4H3,(H2,12,13)/b8-7-. The molecule has 13 heavy (non-hydrogen) atoms. The van der Waals surface area contributed by atoms with E-state index in [0.717, 1.165) is 12.8 Å². The van der Waals surface area contributed by atoms with Crippen molar-refractivity contribution in [3.05, 3.63) is 11.3 Å². The molecule has 1 amide bonds. The molecule has 76 valence electrons. The van der Waals surface area contributed by atoms with Crippen LogP contribution in [0.1, 0.15) is 40.5 Å². The number of allylic oxidation sites excluding steroid dienone is 1. The van der Waals surface area contributed by atoms with Gasteiger partial charge in [-0.2, -0.15) is 0 Å². The summed E-state index contributed by atoms with van der Waals surface area (Å²) >= 11 is 0. The van der Waals surface area contributed by atoms with Gasteiger partial charge in [0.2, 0.25) is 5.91 Å². The average Bonchev–Trinajstić information content (AvgIpc) is 1.82. The number of carbonyl (C=O) groups excluding carboxylic acids is 1. The first-order valence-corrected chi connectivity index (χ1v) is 4.59. The van der Waals surface area contributed by atoms with E-state index in [2.05, 4.69) is 0 Å². The van der Waals surface area contributed by atoms with E-state index >= 15 is 0 Å². The van der Waals surface area contributed by atoms with Crippen molar-refractivity contribution < 1.29 is 4.79 Å². The third kappa shape index (κ3) is 3.49. The normalized spacial score (nSPS) is 13.8. The van der Waals surface area contributed by atoms with Crippen molar-refractivity contribution in [2.75, 3.05) is 0 Å². The molecule has 0 aliphatic rings. The SMILES string of the molecule is CCC/C(N)=C(\C(N)=O)C(C)(C)C. The quantitative estimate of drug-likeness (QED) is 0.653. The second-order valence-corrected chi connectivity index (χ2v) is 4.26. The van der Waals surface area contributed by atoms with Crippen LogP contribution in [-0.2, 0) is 4.79 Å². The van der Waals surface area contributed by atoms with Gasteiger partial charge in [-0.1, -0.05) is 34.1 Å². The molecular formula is C10H20N2O. The van der Waals surface area contributed by atoms with Gasteiger partial charge in [0.1, 0.15) is 0 Å². The van der Waals surface area contributed by atoms with Crippen molar-refractivity contribution in [1.82, 2.24) is 0 Å². The van der Waals surface area contributed by atoms with Gasteiger partial charge in [0.15, 0.2) is 0 Å². The smallest absolute Gasteiger partial charge is 0.246 e. The lowest BCUT2D eigenvalue weighted by Crippen LogP contribution is -2.28. The molecule has 3 heteroatoms. The number of hydrogen-bond donors (Lipinski definition) is 2. The molecule has 0 saturated carbocycles. The van der Waals surface area contributed by atoms with Crippen LogP contribution in [0.15, 0.2) is 11.3 Å². The van der Waals surface area contributed by atoms with E-state index in [-0.39, 0.29) is 5.41 Å². The first-order chi connectivity index (χ1) is 5.80. The Morgan fingerprint density at radius 2 is 1.69 bits per heavy atom. The van der Waals surface area contributed by atoms with Crippen molar-refractivity contribution in [3.63, 3.8) is 0 Å². The van der Waals surface area contributed by atoms with Gasteiger partial charge in [-0.05, 0) is 11.8 Å². The van der Waals surface area contributed by atoms with E-state index in [0.29, 0.717) is 11.3 Å². The van der Waals surface area contributed by atoms with Crippen LogP contribution in [0.5, 0.6) is 0 Å². The molecule has 0 saturated heterocycles. The highest BCUT2D eigenvalue weighted by atomic mass is 16.1. The Bertz CT molecular complexity index is 224. The zero-order valence-electron chi connectivity index (χ0n) is 8.98. The lowest BCUT2D eigenvalue weighted by Gasteiger charge is -2.22. The summed E-state index contributed by atoms with van der Waals surface area (Å²) in [4.78, 5) is 11.1. The van der Waals surface area contributed by atoms with Crippen LogP contribution < -0.4 is 11.5 Å². The van der Waals surface area contributed by atoms with Gasteiger partial charge in [-0.15, -0.1) is 0 Å². The first-order valence-electron chi connectivity index (χ1n) is 4.59. The fourth-order valence-corrected chi connectivity index (χ4v) is 1.40. The molecule has 0 heterocycles. The molecule has 0 aliphatic carbocycles. The van der Waals surface area contributed by atoms with Crippen LogP contribution in [0, 0.1) is 5.41 Å². The molecule has 0 spiro atoms. The van der Waals surface area contributed by atoms with Gasteiger partial charge in [0.05, 0.1) is 0 Å². The number of nitrogens with two attached hydrogens (primary N) is 2. The van der Waals surface area contributed by atoms with Crippen molar-refractivity contribution >= 4 is 5.91 Å². The number of primary amides is 1. The average molecular weight is 184 g/mol. The van der Waals surface area contributed by atoms with E-state index in [9.17, 15) is 4.79 Å². The summed E-state index contributed by atoms with van der Waals surface area (Å²) in [7, 11) is 0. The Balaban J connectivity index is 5.01. The maximum absolute atomic E-state index is 11.1. The molecule has 0 atom stereocenters. The molecule has 0 aromatic heterocycles. The van der Waals surface area contributed by atoms with Crippen molar-refractivity contribution in [2.45, 2.75) is 40.5 Å². The second kappa shape index (κ2) is 4.30. The van der Waals surface area contributed by atoms with Crippen LogP contribution >= 0.6 is 0 Å². The Morgan fingerprint density at radius 1 is 1.23 bits per heavy atom. The summed E-state index contributed by atoms with van der Waals surface area (Å²) in [6.07, 6.45) is 1.66. The third-order valence-corrected chi connectivity index (χ3v) is 1.84. The summed E-state index contributed by atoms with van der Waals surface area (Å²) in [5.74, 6) is -0.404. The number of amides is 1. The molecule has 0 aromatic rings. The minimum atomic E-state index is -0.404. The second-order valence-electron chi connectivity index (χ2n) is 4.26. The minimum absolute atomic E-state index is 0.259. The zero-order chi connectivity index (χ0) is 10.6. The van der Waals surface area contributed by atoms with Gasteiger partial charge in [-0.25, -0.2) is 0 Å². The van der Waals surface area contributed by atoms with E-state index in [4.69, 9.17) is 11.5 Å². The monoisotopic (exact) mass is 184 g/mol. The largest absolute Gasteiger partial charge is 0.402 e. The molecule has 0 radical (unpaired) electrons. The van der Waals surface area contributed by atoms with E-state index in [1.165, 1.54) is 0 Å². The molecule has 0 aliphatic heterocycles. The Kier molecular flexibility index (Phi) is 3.98. The van der Waals surface area contributed by atoms with E-state index in [1.807, 2.05) is 27.7 Å². The highest BCUT2D eigenvalue weighted by molar-refractivity contribution is 5.93. The highest BCUT2D eigenvalue weighted by Crippen LogP contribution is 2.27. The fraction of sp³-hybridized carbons (Fsp3) is 0.700. The Labute approximate surface area is 80.2 Å². The molecule has 0 aromatic carbocycles. The van der Waals surface area contributed by atoms with Gasteiger partial charge in [-0.3, -0.25) is 4.79 Å². The van der Waals surface area contributed by atoms with Crippen LogP contribution in [-0.4, -0.2) is 5.91 Å². The minimum Gasteiger partial charge on any atom is -0.402 e. The molecule has 0 bridgehead atoms. The van der Waals surface area contributed by atoms with Crippen molar-refractivity contribution in [1.29, 1.82) is 0 Å². The van der Waals surface area contributed by atoms with Gasteiger partial charge >= 0.3 is 0 Å². The van der Waals surface area contributed by atoms with Crippen molar-refractivity contribution in [2.24, 2.45) is 16.9 Å². The molecule has 0 unspecified atom stereocenters. The first kappa shape index (κ1) is 12.0. The van der Waals surface area contributed by atoms with Gasteiger partial charge in [0.25, 0.3) is 0 Å². The highest BCUT2D eigenvalue weighted by Gasteiger charge is 2.24. The van der Waals surface area contributed by atoms with E-state index in [1.54, 1.807) is 0 Å². The van der Waals surface area contributed by atoms with Crippen LogP contribution in [0.3, 0.4) is 0 Å². The third-order valence-electron chi connectivity index (χ3n) is 1.84. The lowest BCUT2D eigenvalue weighted by molar-refractivity contribution is -0.115. The van der Waals surface area contributed by atoms with Gasteiger partial charge in [0, 0.05) is 11.3 Å². The predicted octanol–water partition coefficient (Wildman–Crippen LogP) is 1.53. The fourth-order valence-electron chi connectivity index (χ4n) is 1.40. The van der Waals surface area contributed by atoms with Crippen LogP contribution in [0.2, 0.25) is 0 Å².